The Bertz CT molecular complexity index is 125. The normalized spacial score (nSPS) is 11.2. The van der Waals surface area contributed by atoms with Crippen LogP contribution in [-0.4, -0.2) is 29.5 Å². The zero-order chi connectivity index (χ0) is 11.4. The van der Waals surface area contributed by atoms with Crippen LogP contribution in [0.25, 0.3) is 0 Å². The first-order chi connectivity index (χ1) is 7.27. The minimum atomic E-state index is -2.18. The molecule has 0 fully saturated rings. The minimum Gasteiger partial charge on any atom is -0.328 e. The lowest BCUT2D eigenvalue weighted by Crippen LogP contribution is -2.20. The van der Waals surface area contributed by atoms with Crippen LogP contribution >= 0.6 is 8.60 Å². The molecule has 0 unspecified atom stereocenters. The molecule has 0 heterocycles. The Morgan fingerprint density at radius 2 is 1.67 bits per heavy atom. The monoisotopic (exact) mass is 237 g/mol. The number of rotatable bonds is 11. The molecule has 5 heteroatoms. The summed E-state index contributed by atoms with van der Waals surface area (Å²) in [6, 6.07) is 0. The summed E-state index contributed by atoms with van der Waals surface area (Å²) in [7, 11) is -2.18. The molecule has 0 rings (SSSR count). The summed E-state index contributed by atoms with van der Waals surface area (Å²) in [5, 5.41) is 3.19. The summed E-state index contributed by atoms with van der Waals surface area (Å²) in [6.07, 6.45) is 7.78. The second-order valence-electron chi connectivity index (χ2n) is 3.60. The second kappa shape index (κ2) is 12.3. The van der Waals surface area contributed by atoms with E-state index in [0.29, 0.717) is 13.2 Å². The molecule has 0 spiro atoms. The van der Waals surface area contributed by atoms with Crippen molar-refractivity contribution in [2.24, 2.45) is 0 Å². The minimum absolute atomic E-state index is 0.370. The predicted molar refractivity (Wildman–Crippen MR) is 63.6 cm³/mol. The smallest absolute Gasteiger partial charge is 0.327 e. The fraction of sp³-hybridized carbons (Fsp3) is 1.00. The van der Waals surface area contributed by atoms with E-state index in [1.165, 1.54) is 38.5 Å². The van der Waals surface area contributed by atoms with Gasteiger partial charge in [0.25, 0.3) is 0 Å². The van der Waals surface area contributed by atoms with Gasteiger partial charge in [-0.2, -0.15) is 0 Å². The first kappa shape index (κ1) is 15.3. The van der Waals surface area contributed by atoms with E-state index in [1.807, 2.05) is 0 Å². The number of unbranched alkanes of at least 4 members (excludes halogenated alkanes) is 5. The molecule has 92 valence electrons. The topological polar surface area (TPSA) is 61.7 Å². The van der Waals surface area contributed by atoms with Gasteiger partial charge in [-0.3, -0.25) is 0 Å². The van der Waals surface area contributed by atoms with Gasteiger partial charge in [0.2, 0.25) is 0 Å². The SMILES string of the molecule is CCCCCCCCNCCOP(O)O. The van der Waals surface area contributed by atoms with Crippen LogP contribution in [0, 0.1) is 0 Å². The number of hydrogen-bond acceptors (Lipinski definition) is 4. The molecule has 0 atom stereocenters. The molecule has 0 aromatic carbocycles. The molecular formula is C10H24NO3P. The lowest BCUT2D eigenvalue weighted by molar-refractivity contribution is 0.254. The average Bonchev–Trinajstić information content (AvgIpc) is 2.20. The van der Waals surface area contributed by atoms with Crippen molar-refractivity contribution in [2.75, 3.05) is 19.7 Å². The van der Waals surface area contributed by atoms with E-state index in [-0.39, 0.29) is 0 Å². The van der Waals surface area contributed by atoms with E-state index in [9.17, 15) is 0 Å². The third-order valence-electron chi connectivity index (χ3n) is 2.19. The summed E-state index contributed by atoms with van der Waals surface area (Å²) in [5.41, 5.74) is 0. The Balaban J connectivity index is 2.87. The highest BCUT2D eigenvalue weighted by molar-refractivity contribution is 7.39. The molecule has 0 radical (unpaired) electrons. The Morgan fingerprint density at radius 3 is 2.33 bits per heavy atom. The van der Waals surface area contributed by atoms with Crippen molar-refractivity contribution in [1.29, 1.82) is 0 Å². The van der Waals surface area contributed by atoms with E-state index in [2.05, 4.69) is 16.8 Å². The molecule has 4 nitrogen and oxygen atoms in total. The molecule has 0 aromatic rings. The Morgan fingerprint density at radius 1 is 1.00 bits per heavy atom. The van der Waals surface area contributed by atoms with Gasteiger partial charge >= 0.3 is 8.60 Å². The van der Waals surface area contributed by atoms with Gasteiger partial charge in [-0.1, -0.05) is 39.0 Å². The standard InChI is InChI=1S/C10H24NO3P/c1-2-3-4-5-6-7-8-11-9-10-14-15(12)13/h11-13H,2-10H2,1H3. The van der Waals surface area contributed by atoms with Gasteiger partial charge in [0.15, 0.2) is 0 Å². The predicted octanol–water partition coefficient (Wildman–Crippen LogP) is 2.16. The van der Waals surface area contributed by atoms with Gasteiger partial charge in [-0.05, 0) is 13.0 Å². The second-order valence-corrected chi connectivity index (χ2v) is 4.37. The van der Waals surface area contributed by atoms with Gasteiger partial charge in [0, 0.05) is 6.54 Å². The van der Waals surface area contributed by atoms with Gasteiger partial charge in [0.05, 0.1) is 6.61 Å². The third-order valence-corrected chi connectivity index (χ3v) is 2.61. The highest BCUT2D eigenvalue weighted by Gasteiger charge is 1.97. The van der Waals surface area contributed by atoms with Crippen LogP contribution in [0.15, 0.2) is 0 Å². The van der Waals surface area contributed by atoms with E-state index in [1.54, 1.807) is 0 Å². The molecule has 0 aliphatic carbocycles. The Hall–Kier alpha value is 0.270. The summed E-state index contributed by atoms with van der Waals surface area (Å²) < 4.78 is 4.61. The maximum absolute atomic E-state index is 8.45. The Labute approximate surface area is 94.0 Å². The van der Waals surface area contributed by atoms with Crippen molar-refractivity contribution in [2.45, 2.75) is 45.4 Å². The van der Waals surface area contributed by atoms with Crippen LogP contribution in [0.3, 0.4) is 0 Å². The summed E-state index contributed by atoms with van der Waals surface area (Å²) in [4.78, 5) is 16.9. The number of hydrogen-bond donors (Lipinski definition) is 3. The summed E-state index contributed by atoms with van der Waals surface area (Å²) in [5.74, 6) is 0. The van der Waals surface area contributed by atoms with Crippen molar-refractivity contribution in [1.82, 2.24) is 5.32 Å². The van der Waals surface area contributed by atoms with Crippen molar-refractivity contribution in [3.05, 3.63) is 0 Å². The van der Waals surface area contributed by atoms with E-state index in [4.69, 9.17) is 9.79 Å². The van der Waals surface area contributed by atoms with E-state index >= 15 is 0 Å². The van der Waals surface area contributed by atoms with Crippen molar-refractivity contribution >= 4 is 8.60 Å². The fourth-order valence-corrected chi connectivity index (χ4v) is 1.61. The summed E-state index contributed by atoms with van der Waals surface area (Å²) >= 11 is 0. The molecule has 0 saturated heterocycles. The van der Waals surface area contributed by atoms with Crippen molar-refractivity contribution in [3.63, 3.8) is 0 Å². The van der Waals surface area contributed by atoms with Crippen LogP contribution < -0.4 is 5.32 Å². The maximum atomic E-state index is 8.45. The van der Waals surface area contributed by atoms with Crippen LogP contribution in [0.2, 0.25) is 0 Å². The van der Waals surface area contributed by atoms with Gasteiger partial charge < -0.3 is 19.6 Å². The van der Waals surface area contributed by atoms with Gasteiger partial charge in [-0.25, -0.2) is 0 Å². The largest absolute Gasteiger partial charge is 0.328 e. The molecule has 0 aliphatic heterocycles. The quantitative estimate of drug-likeness (QED) is 0.380. The third kappa shape index (κ3) is 14.3. The molecule has 0 amide bonds. The van der Waals surface area contributed by atoms with E-state index in [0.717, 1.165) is 6.54 Å². The maximum Gasteiger partial charge on any atom is 0.327 e. The Kier molecular flexibility index (Phi) is 12.6. The molecule has 0 aromatic heterocycles. The zero-order valence-corrected chi connectivity index (χ0v) is 10.5. The van der Waals surface area contributed by atoms with E-state index < -0.39 is 8.60 Å². The number of nitrogens with one attached hydrogen (secondary N) is 1. The average molecular weight is 237 g/mol. The first-order valence-electron chi connectivity index (χ1n) is 5.79. The molecule has 3 N–H and O–H groups in total. The van der Waals surface area contributed by atoms with Gasteiger partial charge in [-0.15, -0.1) is 0 Å². The highest BCUT2D eigenvalue weighted by Crippen LogP contribution is 2.22. The van der Waals surface area contributed by atoms with Crippen molar-refractivity contribution in [3.8, 4) is 0 Å². The van der Waals surface area contributed by atoms with Crippen LogP contribution in [0.5, 0.6) is 0 Å². The van der Waals surface area contributed by atoms with Gasteiger partial charge in [0.1, 0.15) is 0 Å². The summed E-state index contributed by atoms with van der Waals surface area (Å²) in [6.45, 7) is 4.27. The lowest BCUT2D eigenvalue weighted by Gasteiger charge is -2.05. The van der Waals surface area contributed by atoms with Crippen LogP contribution in [-0.2, 0) is 4.52 Å². The molecule has 0 bridgehead atoms. The molecular weight excluding hydrogens is 213 g/mol. The molecule has 0 saturated carbocycles. The molecule has 15 heavy (non-hydrogen) atoms. The lowest BCUT2D eigenvalue weighted by atomic mass is 10.1. The zero-order valence-electron chi connectivity index (χ0n) is 9.61. The molecule has 0 aliphatic rings. The van der Waals surface area contributed by atoms with Crippen LogP contribution in [0.4, 0.5) is 0 Å². The van der Waals surface area contributed by atoms with Crippen LogP contribution in [0.1, 0.15) is 45.4 Å². The highest BCUT2D eigenvalue weighted by atomic mass is 31.2. The van der Waals surface area contributed by atoms with Crippen molar-refractivity contribution < 1.29 is 14.3 Å². The first-order valence-corrected chi connectivity index (χ1v) is 6.95. The fourth-order valence-electron chi connectivity index (χ4n) is 1.35.